The Bertz CT molecular complexity index is 206. The van der Waals surface area contributed by atoms with Gasteiger partial charge in [-0.1, -0.05) is 26.7 Å². The van der Waals surface area contributed by atoms with Crippen LogP contribution in [0.2, 0.25) is 0 Å². The minimum absolute atomic E-state index is 0.107. The number of nitrogens with zero attached hydrogens (tertiary/aromatic N) is 2. The van der Waals surface area contributed by atoms with Crippen LogP contribution in [0.1, 0.15) is 39.5 Å². The Hall–Kier alpha value is -0.120. The number of aliphatic hydroxyl groups excluding tert-OH is 1. The summed E-state index contributed by atoms with van der Waals surface area (Å²) < 4.78 is 0. The molecule has 0 amide bonds. The molecule has 0 aliphatic heterocycles. The summed E-state index contributed by atoms with van der Waals surface area (Å²) >= 11 is 0. The van der Waals surface area contributed by atoms with Crippen LogP contribution in [0.15, 0.2) is 0 Å². The Morgan fingerprint density at radius 1 is 1.12 bits per heavy atom. The molecule has 102 valence electrons. The van der Waals surface area contributed by atoms with Crippen LogP contribution in [0.25, 0.3) is 0 Å². The van der Waals surface area contributed by atoms with E-state index in [1.807, 2.05) is 0 Å². The Labute approximate surface area is 107 Å². The van der Waals surface area contributed by atoms with Crippen molar-refractivity contribution < 1.29 is 5.11 Å². The van der Waals surface area contributed by atoms with E-state index in [-0.39, 0.29) is 6.10 Å². The van der Waals surface area contributed by atoms with Crippen LogP contribution in [0.4, 0.5) is 0 Å². The highest BCUT2D eigenvalue weighted by molar-refractivity contribution is 4.83. The third kappa shape index (κ3) is 5.36. The number of likely N-dealkylation sites (N-methyl/N-ethyl adjacent to an activating group) is 1. The molecule has 0 bridgehead atoms. The lowest BCUT2D eigenvalue weighted by molar-refractivity contribution is 0.0121. The first-order chi connectivity index (χ1) is 8.00. The van der Waals surface area contributed by atoms with E-state index < -0.39 is 0 Å². The van der Waals surface area contributed by atoms with Gasteiger partial charge in [-0.05, 0) is 32.9 Å². The van der Waals surface area contributed by atoms with Crippen LogP contribution in [0.5, 0.6) is 0 Å². The van der Waals surface area contributed by atoms with Gasteiger partial charge >= 0.3 is 0 Å². The third-order valence-electron chi connectivity index (χ3n) is 3.60. The lowest BCUT2D eigenvalue weighted by atomic mass is 9.91. The molecule has 3 nitrogen and oxygen atoms in total. The van der Waals surface area contributed by atoms with E-state index in [1.54, 1.807) is 0 Å². The number of aliphatic hydroxyl groups is 1. The van der Waals surface area contributed by atoms with Crippen molar-refractivity contribution in [1.82, 2.24) is 9.80 Å². The van der Waals surface area contributed by atoms with Gasteiger partial charge in [0, 0.05) is 25.7 Å². The van der Waals surface area contributed by atoms with Crippen molar-refractivity contribution in [3.8, 4) is 0 Å². The van der Waals surface area contributed by atoms with Crippen LogP contribution in [0.3, 0.4) is 0 Å². The van der Waals surface area contributed by atoms with Crippen molar-refractivity contribution in [1.29, 1.82) is 0 Å². The summed E-state index contributed by atoms with van der Waals surface area (Å²) in [6.45, 7) is 7.79. The highest BCUT2D eigenvalue weighted by Gasteiger charge is 2.28. The summed E-state index contributed by atoms with van der Waals surface area (Å²) in [7, 11) is 4.23. The third-order valence-corrected chi connectivity index (χ3v) is 3.60. The fourth-order valence-electron chi connectivity index (χ4n) is 2.71. The molecule has 3 heteroatoms. The summed E-state index contributed by atoms with van der Waals surface area (Å²) in [6, 6.07) is 0.395. The number of hydrogen-bond donors (Lipinski definition) is 1. The predicted octanol–water partition coefficient (Wildman–Crippen LogP) is 1.81. The number of hydrogen-bond acceptors (Lipinski definition) is 3. The fourth-order valence-corrected chi connectivity index (χ4v) is 2.71. The Morgan fingerprint density at radius 2 is 1.76 bits per heavy atom. The molecule has 17 heavy (non-hydrogen) atoms. The molecule has 1 aliphatic carbocycles. The molecule has 1 saturated carbocycles. The van der Waals surface area contributed by atoms with Crippen LogP contribution in [-0.2, 0) is 0 Å². The first-order valence-corrected chi connectivity index (χ1v) is 7.07. The van der Waals surface area contributed by atoms with Gasteiger partial charge in [-0.3, -0.25) is 4.90 Å². The smallest absolute Gasteiger partial charge is 0.0695 e. The van der Waals surface area contributed by atoms with Crippen LogP contribution >= 0.6 is 0 Å². The molecule has 0 unspecified atom stereocenters. The van der Waals surface area contributed by atoms with Gasteiger partial charge in [0.05, 0.1) is 6.10 Å². The van der Waals surface area contributed by atoms with Gasteiger partial charge in [-0.25, -0.2) is 0 Å². The van der Waals surface area contributed by atoms with Gasteiger partial charge < -0.3 is 10.0 Å². The molecule has 0 aromatic rings. The molecule has 0 aromatic carbocycles. The summed E-state index contributed by atoms with van der Waals surface area (Å²) in [5.41, 5.74) is 0. The molecule has 0 radical (unpaired) electrons. The maximum atomic E-state index is 10.2. The standard InChI is InChI=1S/C14H30N2O/c1-12(2)11-16(10-9-15(3)4)13-7-5-6-8-14(13)17/h12-14,17H,5-11H2,1-4H3/t13-,14-/m0/s1. The number of rotatable bonds is 6. The lowest BCUT2D eigenvalue weighted by Crippen LogP contribution is -2.49. The van der Waals surface area contributed by atoms with Gasteiger partial charge in [-0.2, -0.15) is 0 Å². The average Bonchev–Trinajstić information content (AvgIpc) is 2.24. The molecule has 0 heterocycles. The largest absolute Gasteiger partial charge is 0.391 e. The zero-order chi connectivity index (χ0) is 12.8. The summed E-state index contributed by atoms with van der Waals surface area (Å²) in [5.74, 6) is 0.672. The molecule has 1 aliphatic rings. The molecule has 1 N–H and O–H groups in total. The summed E-state index contributed by atoms with van der Waals surface area (Å²) in [6.07, 6.45) is 4.52. The van der Waals surface area contributed by atoms with E-state index in [1.165, 1.54) is 19.3 Å². The first kappa shape index (κ1) is 14.9. The normalized spacial score (nSPS) is 26.1. The second-order valence-electron chi connectivity index (χ2n) is 6.11. The second kappa shape index (κ2) is 7.34. The Balaban J connectivity index is 2.53. The summed E-state index contributed by atoms with van der Waals surface area (Å²) in [5, 5.41) is 10.2. The van der Waals surface area contributed by atoms with Gasteiger partial charge in [0.15, 0.2) is 0 Å². The summed E-state index contributed by atoms with van der Waals surface area (Å²) in [4.78, 5) is 4.73. The molecule has 1 rings (SSSR count). The van der Waals surface area contributed by atoms with Gasteiger partial charge in [-0.15, -0.1) is 0 Å². The van der Waals surface area contributed by atoms with E-state index in [9.17, 15) is 5.11 Å². The highest BCUT2D eigenvalue weighted by atomic mass is 16.3. The topological polar surface area (TPSA) is 26.7 Å². The molecule has 0 spiro atoms. The van der Waals surface area contributed by atoms with Crippen molar-refractivity contribution in [2.45, 2.75) is 51.7 Å². The van der Waals surface area contributed by atoms with E-state index in [0.29, 0.717) is 12.0 Å². The first-order valence-electron chi connectivity index (χ1n) is 7.07. The monoisotopic (exact) mass is 242 g/mol. The van der Waals surface area contributed by atoms with E-state index in [2.05, 4.69) is 37.7 Å². The Morgan fingerprint density at radius 3 is 2.29 bits per heavy atom. The second-order valence-corrected chi connectivity index (χ2v) is 6.11. The van der Waals surface area contributed by atoms with Gasteiger partial charge in [0.25, 0.3) is 0 Å². The minimum Gasteiger partial charge on any atom is -0.391 e. The SMILES string of the molecule is CC(C)CN(CCN(C)C)[C@H]1CCCC[C@@H]1O. The van der Waals surface area contributed by atoms with Crippen LogP contribution in [-0.4, -0.2) is 60.8 Å². The molecular formula is C14H30N2O. The molecule has 2 atom stereocenters. The highest BCUT2D eigenvalue weighted by Crippen LogP contribution is 2.23. The van der Waals surface area contributed by atoms with Crippen molar-refractivity contribution >= 4 is 0 Å². The van der Waals surface area contributed by atoms with Crippen molar-refractivity contribution in [2.24, 2.45) is 5.92 Å². The zero-order valence-corrected chi connectivity index (χ0v) is 12.0. The maximum absolute atomic E-state index is 10.2. The lowest BCUT2D eigenvalue weighted by Gasteiger charge is -2.39. The average molecular weight is 242 g/mol. The quantitative estimate of drug-likeness (QED) is 0.769. The van der Waals surface area contributed by atoms with Crippen LogP contribution < -0.4 is 0 Å². The van der Waals surface area contributed by atoms with Crippen molar-refractivity contribution in [3.05, 3.63) is 0 Å². The van der Waals surface area contributed by atoms with Gasteiger partial charge in [0.2, 0.25) is 0 Å². The zero-order valence-electron chi connectivity index (χ0n) is 12.0. The Kier molecular flexibility index (Phi) is 6.45. The van der Waals surface area contributed by atoms with Crippen molar-refractivity contribution in [2.75, 3.05) is 33.7 Å². The van der Waals surface area contributed by atoms with E-state index >= 15 is 0 Å². The molecular weight excluding hydrogens is 212 g/mol. The molecule has 0 saturated heterocycles. The van der Waals surface area contributed by atoms with E-state index in [4.69, 9.17) is 0 Å². The maximum Gasteiger partial charge on any atom is 0.0695 e. The van der Waals surface area contributed by atoms with E-state index in [0.717, 1.165) is 26.1 Å². The fraction of sp³-hybridized carbons (Fsp3) is 1.00. The molecule has 1 fully saturated rings. The minimum atomic E-state index is -0.107. The van der Waals surface area contributed by atoms with Crippen molar-refractivity contribution in [3.63, 3.8) is 0 Å². The predicted molar refractivity (Wildman–Crippen MR) is 73.2 cm³/mol. The van der Waals surface area contributed by atoms with Gasteiger partial charge in [0.1, 0.15) is 0 Å². The molecule has 0 aromatic heterocycles. The van der Waals surface area contributed by atoms with Crippen LogP contribution in [0, 0.1) is 5.92 Å².